The van der Waals surface area contributed by atoms with Crippen LogP contribution in [0.4, 0.5) is 0 Å². The molecule has 1 aromatic carbocycles. The van der Waals surface area contributed by atoms with Crippen molar-refractivity contribution in [3.8, 4) is 0 Å². The third kappa shape index (κ3) is 3.93. The second kappa shape index (κ2) is 5.80. The van der Waals surface area contributed by atoms with E-state index in [-0.39, 0.29) is 28.5 Å². The predicted octanol–water partition coefficient (Wildman–Crippen LogP) is 3.20. The Morgan fingerprint density at radius 3 is 2.27 bits per heavy atom. The van der Waals surface area contributed by atoms with Gasteiger partial charge >= 0.3 is 21.1 Å². The Balaban J connectivity index is 0. The quantitative estimate of drug-likeness (QED) is 0.637. The maximum absolute atomic E-state index is 5.75. The van der Waals surface area contributed by atoms with Crippen LogP contribution >= 0.6 is 11.6 Å². The van der Waals surface area contributed by atoms with E-state index in [0.29, 0.717) is 0 Å². The molecular weight excluding hydrogens is 327 g/mol. The predicted molar refractivity (Wildman–Crippen MR) is 46.2 cm³/mol. The van der Waals surface area contributed by atoms with Gasteiger partial charge in [-0.25, -0.2) is 0 Å². The fraction of sp³-hybridized carbons (Fsp3) is 0.222. The van der Waals surface area contributed by atoms with Crippen LogP contribution in [0.5, 0.6) is 0 Å². The molecule has 0 aliphatic carbocycles. The topological polar surface area (TPSA) is 0 Å². The third-order valence-electron chi connectivity index (χ3n) is 1.24. The molecule has 0 bridgehead atoms. The number of aryl methyl sites for hydroxylation is 2. The molecule has 0 nitrogen and oxygen atoms in total. The van der Waals surface area contributed by atoms with Gasteiger partial charge in [0, 0.05) is 0 Å². The monoisotopic (exact) mass is 338 g/mol. The minimum Gasteiger partial charge on any atom is -0.358 e. The molecule has 0 saturated carbocycles. The zero-order valence-corrected chi connectivity index (χ0v) is 10.6. The van der Waals surface area contributed by atoms with Crippen LogP contribution < -0.4 is 0 Å². The summed E-state index contributed by atoms with van der Waals surface area (Å²) < 4.78 is 0. The Labute approximate surface area is 88.2 Å². The van der Waals surface area contributed by atoms with Crippen LogP contribution in [0.25, 0.3) is 0 Å². The number of hydrogen-bond acceptors (Lipinski definition) is 0. The van der Waals surface area contributed by atoms with Gasteiger partial charge in [0.05, 0.1) is 0 Å². The second-order valence-electron chi connectivity index (χ2n) is 2.15. The number of rotatable bonds is 0. The van der Waals surface area contributed by atoms with Crippen LogP contribution in [0.3, 0.4) is 0 Å². The maximum Gasteiger partial charge on any atom is 2.00 e. The van der Waals surface area contributed by atoms with E-state index in [4.69, 9.17) is 11.6 Å². The maximum atomic E-state index is 5.75. The zero-order valence-electron chi connectivity index (χ0n) is 6.94. The molecule has 0 saturated heterocycles. The minimum absolute atomic E-state index is 0. The van der Waals surface area contributed by atoms with Gasteiger partial charge in [-0.1, -0.05) is 18.9 Å². The van der Waals surface area contributed by atoms with Crippen molar-refractivity contribution in [3.05, 3.63) is 41.8 Å². The van der Waals surface area contributed by atoms with Gasteiger partial charge in [-0.3, -0.25) is 0 Å². The van der Waals surface area contributed by atoms with E-state index in [1.807, 2.05) is 19.9 Å². The normalized spacial score (nSPS) is 7.91. The van der Waals surface area contributed by atoms with Crippen LogP contribution in [-0.2, 0) is 21.1 Å². The fourth-order valence-electron chi connectivity index (χ4n) is 0.726. The third-order valence-corrected chi connectivity index (χ3v) is 1.64. The van der Waals surface area contributed by atoms with E-state index >= 15 is 0 Å². The van der Waals surface area contributed by atoms with Crippen molar-refractivity contribution in [1.29, 1.82) is 0 Å². The molecule has 0 unspecified atom stereocenters. The van der Waals surface area contributed by atoms with Crippen LogP contribution in [0, 0.1) is 27.3 Å². The van der Waals surface area contributed by atoms with Gasteiger partial charge in [0.2, 0.25) is 0 Å². The molecule has 0 heterocycles. The number of benzene rings is 1. The molecule has 0 aromatic heterocycles. The summed E-state index contributed by atoms with van der Waals surface area (Å²) in [7, 11) is 0. The van der Waals surface area contributed by atoms with Gasteiger partial charge in [0.25, 0.3) is 0 Å². The molecule has 0 aliphatic rings. The molecule has 2 heteroatoms. The first kappa shape index (κ1) is 13.8. The Morgan fingerprint density at radius 2 is 1.91 bits per heavy atom. The summed E-state index contributed by atoms with van der Waals surface area (Å²) in [4.78, 5) is 0. The van der Waals surface area contributed by atoms with Crippen molar-refractivity contribution < 1.29 is 21.1 Å². The van der Waals surface area contributed by atoms with Crippen molar-refractivity contribution in [2.45, 2.75) is 13.8 Å². The SMILES string of the molecule is Cc1[c-]cc(Cl)c(C)c1.[CH3-].[W+2]. The van der Waals surface area contributed by atoms with Crippen molar-refractivity contribution in [2.75, 3.05) is 0 Å². The standard InChI is InChI=1S/C8H8Cl.CH3.W/c1-6-3-4-8(9)7(2)5-6;;/h4-5H,1-2H3;1H3;/q2*-1;+2. The van der Waals surface area contributed by atoms with E-state index < -0.39 is 0 Å². The fourth-order valence-corrected chi connectivity index (χ4v) is 0.836. The van der Waals surface area contributed by atoms with Gasteiger partial charge in [0.15, 0.2) is 0 Å². The molecule has 0 amide bonds. The van der Waals surface area contributed by atoms with Gasteiger partial charge in [-0.2, -0.15) is 35.4 Å². The van der Waals surface area contributed by atoms with Crippen LogP contribution in [0.15, 0.2) is 12.1 Å². The molecule has 11 heavy (non-hydrogen) atoms. The largest absolute Gasteiger partial charge is 2.00 e. The summed E-state index contributed by atoms with van der Waals surface area (Å²) in [5.41, 5.74) is 2.25. The minimum atomic E-state index is 0. The van der Waals surface area contributed by atoms with E-state index in [1.165, 1.54) is 0 Å². The summed E-state index contributed by atoms with van der Waals surface area (Å²) >= 11 is 5.75. The smallest absolute Gasteiger partial charge is 0.358 e. The Morgan fingerprint density at radius 1 is 1.36 bits per heavy atom. The van der Waals surface area contributed by atoms with Crippen molar-refractivity contribution in [1.82, 2.24) is 0 Å². The summed E-state index contributed by atoms with van der Waals surface area (Å²) in [5, 5.41) is 0.792. The summed E-state index contributed by atoms with van der Waals surface area (Å²) in [6.45, 7) is 3.99. The average molecular weight is 338 g/mol. The van der Waals surface area contributed by atoms with Crippen molar-refractivity contribution >= 4 is 11.6 Å². The second-order valence-corrected chi connectivity index (χ2v) is 2.55. The molecule has 1 aromatic rings. The zero-order chi connectivity index (χ0) is 6.85. The van der Waals surface area contributed by atoms with Gasteiger partial charge < -0.3 is 7.43 Å². The Hall–Kier alpha value is 0.198. The first-order valence-electron chi connectivity index (χ1n) is 2.84. The molecular formula is C9H11ClW. The first-order chi connectivity index (χ1) is 4.20. The van der Waals surface area contributed by atoms with E-state index in [0.717, 1.165) is 16.1 Å². The van der Waals surface area contributed by atoms with Gasteiger partial charge in [-0.05, 0) is 0 Å². The van der Waals surface area contributed by atoms with E-state index in [2.05, 4.69) is 6.07 Å². The molecule has 1 rings (SSSR count). The van der Waals surface area contributed by atoms with Crippen LogP contribution in [-0.4, -0.2) is 0 Å². The van der Waals surface area contributed by atoms with Crippen LogP contribution in [0.1, 0.15) is 11.1 Å². The molecule has 60 valence electrons. The molecule has 0 atom stereocenters. The summed E-state index contributed by atoms with van der Waals surface area (Å²) in [5.74, 6) is 0. The summed E-state index contributed by atoms with van der Waals surface area (Å²) in [6, 6.07) is 6.82. The van der Waals surface area contributed by atoms with Crippen molar-refractivity contribution in [2.24, 2.45) is 0 Å². The van der Waals surface area contributed by atoms with Crippen molar-refractivity contribution in [3.63, 3.8) is 0 Å². The Kier molecular flexibility index (Phi) is 7.26. The molecule has 0 radical (unpaired) electrons. The first-order valence-corrected chi connectivity index (χ1v) is 3.22. The van der Waals surface area contributed by atoms with Crippen LogP contribution in [0.2, 0.25) is 5.02 Å². The number of hydrogen-bond donors (Lipinski definition) is 0. The average Bonchev–Trinajstić information content (AvgIpc) is 1.80. The Bertz CT molecular complexity index is 221. The molecule has 0 fully saturated rings. The number of halogens is 1. The van der Waals surface area contributed by atoms with Gasteiger partial charge in [-0.15, -0.1) is 5.56 Å². The summed E-state index contributed by atoms with van der Waals surface area (Å²) in [6.07, 6.45) is 0. The van der Waals surface area contributed by atoms with E-state index in [9.17, 15) is 0 Å². The molecule has 0 N–H and O–H groups in total. The molecule has 0 spiro atoms. The van der Waals surface area contributed by atoms with E-state index in [1.54, 1.807) is 6.07 Å². The molecule has 0 aliphatic heterocycles. The van der Waals surface area contributed by atoms with Gasteiger partial charge in [0.1, 0.15) is 0 Å².